The van der Waals surface area contributed by atoms with Crippen LogP contribution in [0.2, 0.25) is 0 Å². The van der Waals surface area contributed by atoms with Crippen molar-refractivity contribution in [2.75, 3.05) is 0 Å². The Kier molecular flexibility index (Phi) is 5.78. The first-order valence-electron chi connectivity index (χ1n) is 9.96. The molecule has 2 heterocycles. The monoisotopic (exact) mass is 411 g/mol. The summed E-state index contributed by atoms with van der Waals surface area (Å²) < 4.78 is 5.47. The van der Waals surface area contributed by atoms with Gasteiger partial charge in [0.1, 0.15) is 0 Å². The highest BCUT2D eigenvalue weighted by Gasteiger charge is 2.33. The van der Waals surface area contributed by atoms with E-state index in [1.54, 1.807) is 11.3 Å². The SMILES string of the molecule is CC(C)Cc1ccc(-c2nc(-c3ccc(CNC4CC(C(=O)O)C4)cc3)no2)s1. The topological polar surface area (TPSA) is 88.2 Å². The summed E-state index contributed by atoms with van der Waals surface area (Å²) in [5, 5.41) is 16.5. The highest BCUT2D eigenvalue weighted by Crippen LogP contribution is 2.30. The number of carboxylic acids is 1. The van der Waals surface area contributed by atoms with Crippen molar-refractivity contribution in [2.24, 2.45) is 11.8 Å². The van der Waals surface area contributed by atoms with E-state index in [0.717, 1.165) is 29.0 Å². The number of carboxylic acid groups (broad SMARTS) is 1. The fourth-order valence-corrected chi connectivity index (χ4v) is 4.61. The number of nitrogens with one attached hydrogen (secondary N) is 1. The van der Waals surface area contributed by atoms with Gasteiger partial charge in [-0.15, -0.1) is 11.3 Å². The number of benzene rings is 1. The molecule has 0 bridgehead atoms. The second-order valence-corrected chi connectivity index (χ2v) is 9.24. The molecule has 1 aliphatic carbocycles. The molecule has 0 amide bonds. The molecule has 1 aliphatic rings. The van der Waals surface area contributed by atoms with Crippen LogP contribution in [-0.4, -0.2) is 27.3 Å². The summed E-state index contributed by atoms with van der Waals surface area (Å²) in [6, 6.07) is 12.5. The average molecular weight is 412 g/mol. The van der Waals surface area contributed by atoms with Gasteiger partial charge in [-0.25, -0.2) is 0 Å². The van der Waals surface area contributed by atoms with Crippen LogP contribution in [0.1, 0.15) is 37.1 Å². The third kappa shape index (κ3) is 4.74. The molecule has 0 saturated heterocycles. The largest absolute Gasteiger partial charge is 0.481 e. The maximum absolute atomic E-state index is 10.9. The van der Waals surface area contributed by atoms with Gasteiger partial charge >= 0.3 is 5.97 Å². The molecule has 1 aromatic carbocycles. The molecule has 0 atom stereocenters. The lowest BCUT2D eigenvalue weighted by molar-refractivity contribution is -0.145. The molecule has 1 saturated carbocycles. The zero-order valence-corrected chi connectivity index (χ0v) is 17.4. The smallest absolute Gasteiger partial charge is 0.306 e. The first kappa shape index (κ1) is 19.8. The summed E-state index contributed by atoms with van der Waals surface area (Å²) in [7, 11) is 0. The van der Waals surface area contributed by atoms with E-state index in [1.807, 2.05) is 30.3 Å². The fraction of sp³-hybridized carbons (Fsp3) is 0.409. The van der Waals surface area contributed by atoms with Gasteiger partial charge in [0.15, 0.2) is 0 Å². The van der Waals surface area contributed by atoms with Crippen molar-refractivity contribution in [3.05, 3.63) is 46.8 Å². The number of carbonyl (C=O) groups is 1. The van der Waals surface area contributed by atoms with E-state index in [9.17, 15) is 4.79 Å². The second kappa shape index (κ2) is 8.47. The summed E-state index contributed by atoms with van der Waals surface area (Å²) in [5.74, 6) is 0.888. The molecule has 2 N–H and O–H groups in total. The van der Waals surface area contributed by atoms with Gasteiger partial charge in [0.25, 0.3) is 5.89 Å². The molecule has 29 heavy (non-hydrogen) atoms. The molecule has 7 heteroatoms. The molecular formula is C22H25N3O3S. The summed E-state index contributed by atoms with van der Waals surface area (Å²) in [6.45, 7) is 5.15. The van der Waals surface area contributed by atoms with Crippen LogP contribution in [0.25, 0.3) is 22.2 Å². The van der Waals surface area contributed by atoms with Crippen molar-refractivity contribution >= 4 is 17.3 Å². The number of aromatic nitrogens is 2. The molecular weight excluding hydrogens is 386 g/mol. The lowest BCUT2D eigenvalue weighted by atomic mass is 9.80. The maximum Gasteiger partial charge on any atom is 0.306 e. The Labute approximate surface area is 174 Å². The summed E-state index contributed by atoms with van der Waals surface area (Å²) >= 11 is 1.70. The third-order valence-corrected chi connectivity index (χ3v) is 6.30. The zero-order chi connectivity index (χ0) is 20.4. The Morgan fingerprint density at radius 2 is 2.00 bits per heavy atom. The van der Waals surface area contributed by atoms with Gasteiger partial charge in [-0.1, -0.05) is 43.3 Å². The van der Waals surface area contributed by atoms with Crippen LogP contribution in [0.15, 0.2) is 40.9 Å². The van der Waals surface area contributed by atoms with E-state index in [4.69, 9.17) is 9.63 Å². The average Bonchev–Trinajstić information content (AvgIpc) is 3.29. The minimum absolute atomic E-state index is 0.188. The summed E-state index contributed by atoms with van der Waals surface area (Å²) in [4.78, 5) is 17.7. The first-order chi connectivity index (χ1) is 14.0. The van der Waals surface area contributed by atoms with E-state index in [2.05, 4.69) is 35.4 Å². The van der Waals surface area contributed by atoms with Crippen molar-refractivity contribution in [1.29, 1.82) is 0 Å². The lowest BCUT2D eigenvalue weighted by Gasteiger charge is -2.33. The van der Waals surface area contributed by atoms with Crippen molar-refractivity contribution < 1.29 is 14.4 Å². The van der Waals surface area contributed by atoms with Gasteiger partial charge in [-0.3, -0.25) is 4.79 Å². The van der Waals surface area contributed by atoms with Crippen molar-refractivity contribution in [3.8, 4) is 22.2 Å². The van der Waals surface area contributed by atoms with Gasteiger partial charge in [0.05, 0.1) is 10.8 Å². The predicted octanol–water partition coefficient (Wildman–Crippen LogP) is 4.62. The highest BCUT2D eigenvalue weighted by molar-refractivity contribution is 7.15. The molecule has 152 valence electrons. The molecule has 0 aliphatic heterocycles. The van der Waals surface area contributed by atoms with E-state index >= 15 is 0 Å². The maximum atomic E-state index is 10.9. The summed E-state index contributed by atoms with van der Waals surface area (Å²) in [6.07, 6.45) is 2.47. The Morgan fingerprint density at radius 3 is 2.69 bits per heavy atom. The molecule has 0 radical (unpaired) electrons. The van der Waals surface area contributed by atoms with Crippen LogP contribution < -0.4 is 5.32 Å². The minimum Gasteiger partial charge on any atom is -0.481 e. The Balaban J connectivity index is 1.35. The minimum atomic E-state index is -0.689. The molecule has 6 nitrogen and oxygen atoms in total. The molecule has 2 aromatic heterocycles. The number of aliphatic carboxylic acids is 1. The van der Waals surface area contributed by atoms with Crippen LogP contribution in [-0.2, 0) is 17.8 Å². The summed E-state index contributed by atoms with van der Waals surface area (Å²) in [5.41, 5.74) is 2.06. The molecule has 3 aromatic rings. The highest BCUT2D eigenvalue weighted by atomic mass is 32.1. The Hall–Kier alpha value is -2.51. The molecule has 0 unspecified atom stereocenters. The quantitative estimate of drug-likeness (QED) is 0.562. The van der Waals surface area contributed by atoms with Crippen LogP contribution >= 0.6 is 11.3 Å². The lowest BCUT2D eigenvalue weighted by Crippen LogP contribution is -2.43. The van der Waals surface area contributed by atoms with Gasteiger partial charge < -0.3 is 14.9 Å². The van der Waals surface area contributed by atoms with E-state index < -0.39 is 5.97 Å². The predicted molar refractivity (Wildman–Crippen MR) is 113 cm³/mol. The molecule has 1 fully saturated rings. The van der Waals surface area contributed by atoms with Gasteiger partial charge in [-0.05, 0) is 42.9 Å². The standard InChI is InChI=1S/C22H25N3O3S/c1-13(2)9-18-7-8-19(29-18)21-24-20(25-28-21)15-5-3-14(4-6-15)12-23-17-10-16(11-17)22(26)27/h3-8,13,16-17,23H,9-12H2,1-2H3,(H,26,27). The Bertz CT molecular complexity index is 971. The van der Waals surface area contributed by atoms with E-state index in [-0.39, 0.29) is 5.92 Å². The van der Waals surface area contributed by atoms with Gasteiger partial charge in [0.2, 0.25) is 5.82 Å². The van der Waals surface area contributed by atoms with Crippen LogP contribution in [0.4, 0.5) is 0 Å². The zero-order valence-electron chi connectivity index (χ0n) is 16.6. The number of nitrogens with zero attached hydrogens (tertiary/aromatic N) is 2. The fourth-order valence-electron chi connectivity index (χ4n) is 3.47. The van der Waals surface area contributed by atoms with Gasteiger partial charge in [-0.2, -0.15) is 4.98 Å². The molecule has 4 rings (SSSR count). The van der Waals surface area contributed by atoms with Crippen molar-refractivity contribution in [1.82, 2.24) is 15.5 Å². The van der Waals surface area contributed by atoms with Crippen molar-refractivity contribution in [3.63, 3.8) is 0 Å². The van der Waals surface area contributed by atoms with E-state index in [0.29, 0.717) is 36.5 Å². The van der Waals surface area contributed by atoms with E-state index in [1.165, 1.54) is 4.88 Å². The second-order valence-electron chi connectivity index (χ2n) is 8.07. The van der Waals surface area contributed by atoms with Crippen molar-refractivity contribution in [2.45, 2.75) is 45.7 Å². The number of thiophene rings is 1. The van der Waals surface area contributed by atoms with Crippen LogP contribution in [0.3, 0.4) is 0 Å². The Morgan fingerprint density at radius 1 is 1.24 bits per heavy atom. The van der Waals surface area contributed by atoms with Crippen LogP contribution in [0, 0.1) is 11.8 Å². The molecule has 0 spiro atoms. The number of hydrogen-bond acceptors (Lipinski definition) is 6. The van der Waals surface area contributed by atoms with Crippen LogP contribution in [0.5, 0.6) is 0 Å². The third-order valence-electron chi connectivity index (χ3n) is 5.20. The number of hydrogen-bond donors (Lipinski definition) is 2. The normalized spacial score (nSPS) is 18.7. The van der Waals surface area contributed by atoms with Gasteiger partial charge in [0, 0.05) is 23.0 Å². The first-order valence-corrected chi connectivity index (χ1v) is 10.8. The number of rotatable bonds is 8.